The maximum Gasteiger partial charge on any atom is 0.207 e. The van der Waals surface area contributed by atoms with E-state index in [9.17, 15) is 0 Å². The first-order valence-corrected chi connectivity index (χ1v) is 7.25. The number of rotatable bonds is 4. The van der Waals surface area contributed by atoms with Gasteiger partial charge in [-0.1, -0.05) is 25.4 Å². The van der Waals surface area contributed by atoms with Crippen LogP contribution in [0.25, 0.3) is 0 Å². The van der Waals surface area contributed by atoms with E-state index in [1.165, 1.54) is 0 Å². The highest BCUT2D eigenvalue weighted by Crippen LogP contribution is 2.25. The Kier molecular flexibility index (Phi) is 4.50. The number of hydrogen-bond acceptors (Lipinski definition) is 2. The lowest BCUT2D eigenvalue weighted by Gasteiger charge is -2.12. The van der Waals surface area contributed by atoms with E-state index in [2.05, 4.69) is 51.3 Å². The Morgan fingerprint density at radius 3 is 2.89 bits per heavy atom. The quantitative estimate of drug-likeness (QED) is 0.795. The van der Waals surface area contributed by atoms with Gasteiger partial charge in [0, 0.05) is 27.5 Å². The largest absolute Gasteiger partial charge is 0.325 e. The summed E-state index contributed by atoms with van der Waals surface area (Å²) in [5.41, 5.74) is 1.02. The van der Waals surface area contributed by atoms with Crippen molar-refractivity contribution in [3.8, 4) is 0 Å². The third-order valence-corrected chi connectivity index (χ3v) is 3.58. The first kappa shape index (κ1) is 13.7. The van der Waals surface area contributed by atoms with Crippen LogP contribution in [0.3, 0.4) is 0 Å². The molecule has 0 unspecified atom stereocenters. The molecule has 2 aromatic rings. The second-order valence-corrected chi connectivity index (χ2v) is 6.14. The van der Waals surface area contributed by atoms with Crippen LogP contribution in [0.1, 0.15) is 13.8 Å². The molecule has 18 heavy (non-hydrogen) atoms. The first-order valence-electron chi connectivity index (χ1n) is 5.79. The molecule has 0 aliphatic heterocycles. The predicted octanol–water partition coefficient (Wildman–Crippen LogP) is 4.54. The Hall–Kier alpha value is -0.750. The van der Waals surface area contributed by atoms with E-state index < -0.39 is 0 Å². The van der Waals surface area contributed by atoms with Gasteiger partial charge in [0.2, 0.25) is 5.95 Å². The molecular formula is C13H15ClIN3. The van der Waals surface area contributed by atoms with Crippen molar-refractivity contribution >= 4 is 45.8 Å². The summed E-state index contributed by atoms with van der Waals surface area (Å²) >= 11 is 8.21. The van der Waals surface area contributed by atoms with Crippen LogP contribution in [0.4, 0.5) is 11.6 Å². The smallest absolute Gasteiger partial charge is 0.207 e. The number of anilines is 2. The molecule has 0 amide bonds. The minimum atomic E-state index is 0.587. The molecule has 0 atom stereocenters. The van der Waals surface area contributed by atoms with E-state index in [0.29, 0.717) is 5.92 Å². The lowest BCUT2D eigenvalue weighted by atomic mass is 10.2. The standard InChI is InChI=1S/C13H15ClIN3/c1-9(2)8-18-6-5-16-13(18)17-12-4-3-10(14)7-11(12)15/h3-7,9H,8H2,1-2H3,(H,16,17). The van der Waals surface area contributed by atoms with Crippen LogP contribution < -0.4 is 5.32 Å². The van der Waals surface area contributed by atoms with Crippen molar-refractivity contribution in [2.24, 2.45) is 5.92 Å². The normalized spacial score (nSPS) is 10.9. The number of benzene rings is 1. The molecule has 0 bridgehead atoms. The van der Waals surface area contributed by atoms with Gasteiger partial charge in [0.15, 0.2) is 0 Å². The predicted molar refractivity (Wildman–Crippen MR) is 84.5 cm³/mol. The van der Waals surface area contributed by atoms with Gasteiger partial charge in [0.25, 0.3) is 0 Å². The van der Waals surface area contributed by atoms with Crippen molar-refractivity contribution in [2.45, 2.75) is 20.4 Å². The number of nitrogens with zero attached hydrogens (tertiary/aromatic N) is 2. The van der Waals surface area contributed by atoms with Crippen molar-refractivity contribution in [3.63, 3.8) is 0 Å². The fourth-order valence-electron chi connectivity index (χ4n) is 1.69. The average Bonchev–Trinajstić information content (AvgIpc) is 2.69. The van der Waals surface area contributed by atoms with E-state index in [-0.39, 0.29) is 0 Å². The molecule has 0 radical (unpaired) electrons. The second-order valence-electron chi connectivity index (χ2n) is 4.55. The van der Waals surface area contributed by atoms with Crippen molar-refractivity contribution in [2.75, 3.05) is 5.32 Å². The molecule has 5 heteroatoms. The minimum Gasteiger partial charge on any atom is -0.325 e. The summed E-state index contributed by atoms with van der Waals surface area (Å²) in [4.78, 5) is 4.34. The topological polar surface area (TPSA) is 29.9 Å². The summed E-state index contributed by atoms with van der Waals surface area (Å²) in [5, 5.41) is 4.08. The number of nitrogens with one attached hydrogen (secondary N) is 1. The van der Waals surface area contributed by atoms with Crippen LogP contribution in [0.2, 0.25) is 5.02 Å². The highest BCUT2D eigenvalue weighted by molar-refractivity contribution is 14.1. The molecule has 1 aromatic carbocycles. The Bertz CT molecular complexity index is 537. The van der Waals surface area contributed by atoms with Gasteiger partial charge in [-0.25, -0.2) is 4.98 Å². The summed E-state index contributed by atoms with van der Waals surface area (Å²) in [6.07, 6.45) is 3.80. The molecule has 0 saturated carbocycles. The molecule has 96 valence electrons. The lowest BCUT2D eigenvalue weighted by Crippen LogP contribution is -2.07. The molecule has 2 rings (SSSR count). The third-order valence-electron chi connectivity index (χ3n) is 2.45. The van der Waals surface area contributed by atoms with E-state index in [1.54, 1.807) is 0 Å². The summed E-state index contributed by atoms with van der Waals surface area (Å²) < 4.78 is 3.20. The summed E-state index contributed by atoms with van der Waals surface area (Å²) in [6.45, 7) is 5.33. The SMILES string of the molecule is CC(C)Cn1ccnc1Nc1ccc(Cl)cc1I. The zero-order chi connectivity index (χ0) is 13.1. The van der Waals surface area contributed by atoms with Crippen LogP contribution in [0.5, 0.6) is 0 Å². The van der Waals surface area contributed by atoms with E-state index in [4.69, 9.17) is 11.6 Å². The number of aromatic nitrogens is 2. The van der Waals surface area contributed by atoms with Crippen LogP contribution in [-0.4, -0.2) is 9.55 Å². The lowest BCUT2D eigenvalue weighted by molar-refractivity contribution is 0.527. The van der Waals surface area contributed by atoms with Gasteiger partial charge in [0.1, 0.15) is 0 Å². The molecule has 1 heterocycles. The highest BCUT2D eigenvalue weighted by Gasteiger charge is 2.07. The van der Waals surface area contributed by atoms with Crippen molar-refractivity contribution < 1.29 is 0 Å². The van der Waals surface area contributed by atoms with Gasteiger partial charge in [-0.15, -0.1) is 0 Å². The maximum atomic E-state index is 5.95. The van der Waals surface area contributed by atoms with Gasteiger partial charge in [-0.3, -0.25) is 0 Å². The zero-order valence-electron chi connectivity index (χ0n) is 10.3. The number of hydrogen-bond donors (Lipinski definition) is 1. The van der Waals surface area contributed by atoms with Crippen molar-refractivity contribution in [1.29, 1.82) is 0 Å². The van der Waals surface area contributed by atoms with Gasteiger partial charge in [-0.05, 0) is 46.7 Å². The Morgan fingerprint density at radius 2 is 2.22 bits per heavy atom. The van der Waals surface area contributed by atoms with Gasteiger partial charge < -0.3 is 9.88 Å². The van der Waals surface area contributed by atoms with Crippen molar-refractivity contribution in [3.05, 3.63) is 39.2 Å². The van der Waals surface area contributed by atoms with Gasteiger partial charge in [-0.2, -0.15) is 0 Å². The van der Waals surface area contributed by atoms with E-state index in [0.717, 1.165) is 26.8 Å². The van der Waals surface area contributed by atoms with E-state index in [1.807, 2.05) is 30.6 Å². The Balaban J connectivity index is 2.21. The molecule has 1 aromatic heterocycles. The first-order chi connectivity index (χ1) is 8.56. The highest BCUT2D eigenvalue weighted by atomic mass is 127. The fourth-order valence-corrected chi connectivity index (χ4v) is 2.69. The zero-order valence-corrected chi connectivity index (χ0v) is 13.2. The average molecular weight is 376 g/mol. The van der Waals surface area contributed by atoms with Gasteiger partial charge in [0.05, 0.1) is 5.69 Å². The Labute approximate surface area is 126 Å². The van der Waals surface area contributed by atoms with Gasteiger partial charge >= 0.3 is 0 Å². The van der Waals surface area contributed by atoms with Crippen LogP contribution >= 0.6 is 34.2 Å². The Morgan fingerprint density at radius 1 is 1.44 bits per heavy atom. The monoisotopic (exact) mass is 375 g/mol. The molecule has 0 spiro atoms. The fraction of sp³-hybridized carbons (Fsp3) is 0.308. The van der Waals surface area contributed by atoms with Crippen LogP contribution in [-0.2, 0) is 6.54 Å². The van der Waals surface area contributed by atoms with Crippen molar-refractivity contribution in [1.82, 2.24) is 9.55 Å². The minimum absolute atomic E-state index is 0.587. The second kappa shape index (κ2) is 5.93. The van der Waals surface area contributed by atoms with E-state index >= 15 is 0 Å². The maximum absolute atomic E-state index is 5.95. The number of imidazole rings is 1. The van der Waals surface area contributed by atoms with Crippen LogP contribution in [0, 0.1) is 9.49 Å². The summed E-state index contributed by atoms with van der Waals surface area (Å²) in [6, 6.07) is 5.78. The summed E-state index contributed by atoms with van der Waals surface area (Å²) in [7, 11) is 0. The third kappa shape index (κ3) is 3.38. The molecule has 0 fully saturated rings. The molecule has 0 saturated heterocycles. The molecule has 0 aliphatic rings. The van der Waals surface area contributed by atoms with Crippen LogP contribution in [0.15, 0.2) is 30.6 Å². The molecule has 0 aliphatic carbocycles. The number of halogens is 2. The summed E-state index contributed by atoms with van der Waals surface area (Å²) in [5.74, 6) is 1.45. The molecular weight excluding hydrogens is 361 g/mol. The molecule has 1 N–H and O–H groups in total. The molecule has 3 nitrogen and oxygen atoms in total.